The molecule has 10 heteroatoms. The molecule has 3 aromatic rings. The molecule has 0 unspecified atom stereocenters. The molecule has 1 aliphatic heterocycles. The van der Waals surface area contributed by atoms with Crippen LogP contribution in [0.15, 0.2) is 48.4 Å². The molecule has 0 aliphatic carbocycles. The summed E-state index contributed by atoms with van der Waals surface area (Å²) in [5.74, 6) is 0.101. The van der Waals surface area contributed by atoms with E-state index in [4.69, 9.17) is 16.3 Å². The van der Waals surface area contributed by atoms with Crippen LogP contribution in [0.1, 0.15) is 46.2 Å². The molecular weight excluding hydrogens is 462 g/mol. The maximum atomic E-state index is 12.4. The van der Waals surface area contributed by atoms with Gasteiger partial charge in [0.1, 0.15) is 12.3 Å². The van der Waals surface area contributed by atoms with Crippen LogP contribution >= 0.6 is 22.9 Å². The number of aryl methyl sites for hydroxylation is 1. The number of benzene rings is 1. The number of thiazole rings is 1. The molecule has 4 rings (SSSR count). The summed E-state index contributed by atoms with van der Waals surface area (Å²) in [6.07, 6.45) is 7.53. The van der Waals surface area contributed by atoms with Gasteiger partial charge in [0.05, 0.1) is 11.3 Å². The maximum absolute atomic E-state index is 12.4. The van der Waals surface area contributed by atoms with Gasteiger partial charge in [-0.3, -0.25) is 4.79 Å². The number of rotatable bonds is 8. The standard InChI is InChI=1S/C23H26ClN5O3S/c24-19-4-2-17(3-5-19)14-32-23(31)29-11-6-18(7-12-29)22-27-20(15-33-22)21(30)26-8-1-10-28-13-9-25-16-28/h2-5,9,13,15-16,18H,1,6-8,10-12,14H2,(H,26,30). The van der Waals surface area contributed by atoms with Gasteiger partial charge in [-0.1, -0.05) is 23.7 Å². The molecule has 1 N–H and O–H groups in total. The van der Waals surface area contributed by atoms with Crippen LogP contribution in [0.5, 0.6) is 0 Å². The lowest BCUT2D eigenvalue weighted by atomic mass is 9.98. The van der Waals surface area contributed by atoms with Crippen molar-refractivity contribution in [2.45, 2.75) is 38.3 Å². The highest BCUT2D eigenvalue weighted by Gasteiger charge is 2.27. The van der Waals surface area contributed by atoms with E-state index in [0.29, 0.717) is 30.4 Å². The molecule has 0 saturated carbocycles. The Labute approximate surface area is 201 Å². The molecule has 1 aliphatic rings. The first kappa shape index (κ1) is 23.3. The number of hydrogen-bond acceptors (Lipinski definition) is 6. The van der Waals surface area contributed by atoms with Gasteiger partial charge in [-0.2, -0.15) is 0 Å². The molecule has 2 aromatic heterocycles. The lowest BCUT2D eigenvalue weighted by Crippen LogP contribution is -2.38. The van der Waals surface area contributed by atoms with Crippen molar-refractivity contribution in [3.63, 3.8) is 0 Å². The third kappa shape index (κ3) is 6.55. The van der Waals surface area contributed by atoms with E-state index in [2.05, 4.69) is 15.3 Å². The second-order valence-corrected chi connectivity index (χ2v) is 9.25. The highest BCUT2D eigenvalue weighted by molar-refractivity contribution is 7.09. The topological polar surface area (TPSA) is 89.4 Å². The van der Waals surface area contributed by atoms with E-state index in [1.165, 1.54) is 11.3 Å². The van der Waals surface area contributed by atoms with Crippen LogP contribution in [0, 0.1) is 0 Å². The van der Waals surface area contributed by atoms with Crippen LogP contribution in [-0.2, 0) is 17.9 Å². The Morgan fingerprint density at radius 1 is 1.21 bits per heavy atom. The van der Waals surface area contributed by atoms with Gasteiger partial charge in [0, 0.05) is 54.9 Å². The molecule has 0 spiro atoms. The van der Waals surface area contributed by atoms with Crippen LogP contribution in [0.4, 0.5) is 4.79 Å². The lowest BCUT2D eigenvalue weighted by molar-refractivity contribution is 0.0870. The molecular formula is C23H26ClN5O3S. The predicted molar refractivity (Wildman–Crippen MR) is 126 cm³/mol. The molecule has 3 heterocycles. The Morgan fingerprint density at radius 2 is 2.00 bits per heavy atom. The van der Waals surface area contributed by atoms with Gasteiger partial charge in [-0.05, 0) is 37.0 Å². The van der Waals surface area contributed by atoms with Crippen LogP contribution in [0.2, 0.25) is 5.02 Å². The number of imidazole rings is 1. The van der Waals surface area contributed by atoms with E-state index in [9.17, 15) is 9.59 Å². The Hall–Kier alpha value is -2.91. The zero-order chi connectivity index (χ0) is 23.0. The Kier molecular flexibility index (Phi) is 7.96. The van der Waals surface area contributed by atoms with Crippen molar-refractivity contribution in [3.05, 3.63) is 69.7 Å². The second-order valence-electron chi connectivity index (χ2n) is 7.92. The van der Waals surface area contributed by atoms with E-state index >= 15 is 0 Å². The Morgan fingerprint density at radius 3 is 2.73 bits per heavy atom. The first-order valence-corrected chi connectivity index (χ1v) is 12.2. The first-order chi connectivity index (χ1) is 16.1. The predicted octanol–water partition coefficient (Wildman–Crippen LogP) is 4.33. The zero-order valence-corrected chi connectivity index (χ0v) is 19.7. The monoisotopic (exact) mass is 487 g/mol. The molecule has 174 valence electrons. The van der Waals surface area contributed by atoms with Gasteiger partial charge in [-0.15, -0.1) is 11.3 Å². The summed E-state index contributed by atoms with van der Waals surface area (Å²) in [7, 11) is 0. The number of ether oxygens (including phenoxy) is 1. The highest BCUT2D eigenvalue weighted by Crippen LogP contribution is 2.30. The van der Waals surface area contributed by atoms with Crippen molar-refractivity contribution in [1.82, 2.24) is 24.8 Å². The van der Waals surface area contributed by atoms with Gasteiger partial charge in [0.25, 0.3) is 5.91 Å². The summed E-state index contributed by atoms with van der Waals surface area (Å²) in [4.78, 5) is 35.1. The summed E-state index contributed by atoms with van der Waals surface area (Å²) in [6.45, 7) is 2.84. The van der Waals surface area contributed by atoms with E-state index in [0.717, 1.165) is 36.4 Å². The first-order valence-electron chi connectivity index (χ1n) is 10.9. The SMILES string of the molecule is O=C(NCCCn1ccnc1)c1csc(C2CCN(C(=O)OCc3ccc(Cl)cc3)CC2)n1. The zero-order valence-electron chi connectivity index (χ0n) is 18.2. The average Bonchev–Trinajstić information content (AvgIpc) is 3.54. The van der Waals surface area contributed by atoms with Crippen molar-refractivity contribution in [1.29, 1.82) is 0 Å². The Balaban J connectivity index is 1.18. The van der Waals surface area contributed by atoms with E-state index in [1.807, 2.05) is 28.3 Å². The fourth-order valence-corrected chi connectivity index (χ4v) is 4.78. The molecule has 2 amide bonds. The number of nitrogens with zero attached hydrogens (tertiary/aromatic N) is 4. The van der Waals surface area contributed by atoms with Crippen molar-refractivity contribution >= 4 is 34.9 Å². The number of nitrogens with one attached hydrogen (secondary N) is 1. The second kappa shape index (κ2) is 11.3. The number of piperidine rings is 1. The molecule has 33 heavy (non-hydrogen) atoms. The lowest BCUT2D eigenvalue weighted by Gasteiger charge is -2.30. The van der Waals surface area contributed by atoms with Crippen molar-refractivity contribution in [2.24, 2.45) is 0 Å². The minimum absolute atomic E-state index is 0.147. The van der Waals surface area contributed by atoms with E-state index < -0.39 is 0 Å². The summed E-state index contributed by atoms with van der Waals surface area (Å²) in [6, 6.07) is 7.25. The van der Waals surface area contributed by atoms with Crippen molar-refractivity contribution in [2.75, 3.05) is 19.6 Å². The average molecular weight is 488 g/mol. The number of hydrogen-bond donors (Lipinski definition) is 1. The molecule has 0 radical (unpaired) electrons. The van der Waals surface area contributed by atoms with Crippen molar-refractivity contribution in [3.8, 4) is 0 Å². The fraction of sp³-hybridized carbons (Fsp3) is 0.391. The number of aromatic nitrogens is 3. The molecule has 0 bridgehead atoms. The van der Waals surface area contributed by atoms with Gasteiger partial charge in [0.2, 0.25) is 0 Å². The van der Waals surface area contributed by atoms with Gasteiger partial charge in [-0.25, -0.2) is 14.8 Å². The Bertz CT molecular complexity index is 1050. The summed E-state index contributed by atoms with van der Waals surface area (Å²) in [5, 5.41) is 6.34. The number of amides is 2. The number of carbonyl (C=O) groups excluding carboxylic acids is 2. The number of carbonyl (C=O) groups is 2. The fourth-order valence-electron chi connectivity index (χ4n) is 3.68. The van der Waals surface area contributed by atoms with E-state index in [-0.39, 0.29) is 24.5 Å². The van der Waals surface area contributed by atoms with Crippen LogP contribution in [0.25, 0.3) is 0 Å². The smallest absolute Gasteiger partial charge is 0.410 e. The third-order valence-corrected chi connectivity index (χ3v) is 6.83. The number of halogens is 1. The van der Waals surface area contributed by atoms with Crippen LogP contribution in [-0.4, -0.2) is 51.1 Å². The van der Waals surface area contributed by atoms with Crippen molar-refractivity contribution < 1.29 is 14.3 Å². The molecule has 1 saturated heterocycles. The van der Waals surface area contributed by atoms with Gasteiger partial charge >= 0.3 is 6.09 Å². The van der Waals surface area contributed by atoms with E-state index in [1.54, 1.807) is 29.6 Å². The van der Waals surface area contributed by atoms with Gasteiger partial charge < -0.3 is 19.5 Å². The molecule has 1 aromatic carbocycles. The minimum Gasteiger partial charge on any atom is -0.445 e. The van der Waals surface area contributed by atoms with Crippen LogP contribution < -0.4 is 5.32 Å². The quantitative estimate of drug-likeness (QED) is 0.478. The summed E-state index contributed by atoms with van der Waals surface area (Å²) >= 11 is 7.39. The normalized spacial score (nSPS) is 14.3. The number of likely N-dealkylation sites (tertiary alicyclic amines) is 1. The minimum atomic E-state index is -0.307. The molecule has 0 atom stereocenters. The van der Waals surface area contributed by atoms with Crippen LogP contribution in [0.3, 0.4) is 0 Å². The molecule has 8 nitrogen and oxygen atoms in total. The third-order valence-electron chi connectivity index (χ3n) is 5.57. The highest BCUT2D eigenvalue weighted by atomic mass is 35.5. The largest absolute Gasteiger partial charge is 0.445 e. The maximum Gasteiger partial charge on any atom is 0.410 e. The van der Waals surface area contributed by atoms with Gasteiger partial charge in [0.15, 0.2) is 0 Å². The summed E-state index contributed by atoms with van der Waals surface area (Å²) < 4.78 is 7.41. The summed E-state index contributed by atoms with van der Waals surface area (Å²) in [5.41, 5.74) is 1.36. The molecule has 1 fully saturated rings.